The van der Waals surface area contributed by atoms with Crippen LogP contribution in [0.1, 0.15) is 0 Å². The predicted octanol–water partition coefficient (Wildman–Crippen LogP) is 2.14. The van der Waals surface area contributed by atoms with Gasteiger partial charge in [-0.25, -0.2) is 0 Å². The van der Waals surface area contributed by atoms with E-state index in [9.17, 15) is 0 Å². The van der Waals surface area contributed by atoms with Crippen LogP contribution in [-0.4, -0.2) is 16.8 Å². The van der Waals surface area contributed by atoms with Crippen LogP contribution in [0, 0.1) is 0 Å². The van der Waals surface area contributed by atoms with Gasteiger partial charge in [-0.2, -0.15) is 0 Å². The van der Waals surface area contributed by atoms with Gasteiger partial charge < -0.3 is 0 Å². The molecule has 0 spiro atoms. The average molecular weight is 314 g/mol. The van der Waals surface area contributed by atoms with E-state index in [1.54, 1.807) is 0 Å². The second-order valence-corrected chi connectivity index (χ2v) is 25.0. The van der Waals surface area contributed by atoms with Crippen LogP contribution in [0.5, 0.6) is 0 Å². The second kappa shape index (κ2) is 4.51. The quantitative estimate of drug-likeness (QED) is 0.651. The summed E-state index contributed by atoms with van der Waals surface area (Å²) in [6.45, 7) is 3.41. The molecule has 6 heavy (non-hydrogen) atoms. The summed E-state index contributed by atoms with van der Waals surface area (Å²) in [5.74, 6) is 0. The van der Waals surface area contributed by atoms with E-state index in [-0.39, 0.29) is 0 Å². The third-order valence-electron chi connectivity index (χ3n) is 0.244. The molecule has 0 heterocycles. The van der Waals surface area contributed by atoms with Crippen molar-refractivity contribution in [2.75, 3.05) is 0 Å². The van der Waals surface area contributed by atoms with Gasteiger partial charge in [0.2, 0.25) is 0 Å². The Bertz CT molecular complexity index is 72.9. The molecule has 0 radical (unpaired) electrons. The normalized spacial score (nSPS) is 6.33. The van der Waals surface area contributed by atoms with Gasteiger partial charge in [-0.15, -0.1) is 0 Å². The van der Waals surface area contributed by atoms with Crippen molar-refractivity contribution in [3.8, 4) is 0 Å². The number of halogens is 2. The summed E-state index contributed by atoms with van der Waals surface area (Å²) in [4.78, 5) is 0. The van der Waals surface area contributed by atoms with Crippen LogP contribution >= 0.6 is 24.6 Å². The first kappa shape index (κ1) is 7.35. The molecule has 0 saturated carbocycles. The average Bonchev–Trinajstić information content (AvgIpc) is 1.35. The van der Waals surface area contributed by atoms with Crippen LogP contribution in [0.2, 0.25) is 0 Å². The summed E-state index contributed by atoms with van der Waals surface area (Å²) < 4.78 is 1.97. The summed E-state index contributed by atoms with van der Waals surface area (Å²) in [6, 6.07) is 0. The van der Waals surface area contributed by atoms with E-state index in [0.29, 0.717) is 0 Å². The zero-order valence-corrected chi connectivity index (χ0v) is 9.59. The Morgan fingerprint density at radius 1 is 1.67 bits per heavy atom. The van der Waals surface area contributed by atoms with E-state index in [0.717, 1.165) is 0 Å². The molecule has 0 aromatic heterocycles. The van der Waals surface area contributed by atoms with Gasteiger partial charge in [0.1, 0.15) is 0 Å². The van der Waals surface area contributed by atoms with Crippen LogP contribution < -0.4 is 0 Å². The molecule has 0 aliphatic carbocycles. The minimum absolute atomic E-state index is 1.39. The summed E-state index contributed by atoms with van der Waals surface area (Å²) >= 11 is 5.41. The molecular formula is C3H3Br2In. The molecule has 0 bridgehead atoms. The molecule has 0 nitrogen and oxygen atoms in total. The Morgan fingerprint density at radius 3 is 2.17 bits per heavy atom. The van der Waals surface area contributed by atoms with E-state index < -0.39 is 16.8 Å². The molecule has 0 aromatic rings. The third-order valence-corrected chi connectivity index (χ3v) is 5.18. The second-order valence-electron chi connectivity index (χ2n) is 0.705. The molecule has 3 heteroatoms. The fourth-order valence-electron chi connectivity index (χ4n) is 0.0891. The summed E-state index contributed by atoms with van der Waals surface area (Å²) in [6.07, 6.45) is 0. The maximum atomic E-state index is 3.41. The van der Waals surface area contributed by atoms with E-state index >= 15 is 0 Å². The van der Waals surface area contributed by atoms with E-state index in [2.05, 4.69) is 36.9 Å². The van der Waals surface area contributed by atoms with Gasteiger partial charge in [-0.1, -0.05) is 0 Å². The van der Waals surface area contributed by atoms with Crippen LogP contribution in [0.3, 0.4) is 0 Å². The molecular weight excluding hydrogens is 311 g/mol. The van der Waals surface area contributed by atoms with Crippen molar-refractivity contribution in [1.82, 2.24) is 0 Å². The topological polar surface area (TPSA) is 0 Å². The van der Waals surface area contributed by atoms with Crippen LogP contribution in [0.25, 0.3) is 0 Å². The first-order chi connectivity index (χ1) is 2.77. The molecule has 0 unspecified atom stereocenters. The zero-order chi connectivity index (χ0) is 4.99. The molecule has 32 valence electrons. The monoisotopic (exact) mass is 312 g/mol. The van der Waals surface area contributed by atoms with Crippen molar-refractivity contribution in [3.05, 3.63) is 16.1 Å². The van der Waals surface area contributed by atoms with Crippen molar-refractivity contribution in [2.24, 2.45) is 0 Å². The standard InChI is InChI=1S/C3H3.2BrH.In/c1-3-2;;;/h1H,2H2;2*1H;/q;;;+2/p-2. The molecule has 0 aliphatic heterocycles. The summed E-state index contributed by atoms with van der Waals surface area (Å²) in [7, 11) is 0. The third kappa shape index (κ3) is 5.35. The summed E-state index contributed by atoms with van der Waals surface area (Å²) in [5, 5.41) is 0. The first-order valence-electron chi connectivity index (χ1n) is 1.41. The van der Waals surface area contributed by atoms with E-state index in [1.165, 1.54) is 0 Å². The van der Waals surface area contributed by atoms with Gasteiger partial charge in [0.05, 0.1) is 0 Å². The fourth-order valence-corrected chi connectivity index (χ4v) is 3.11. The van der Waals surface area contributed by atoms with Gasteiger partial charge in [-0.05, 0) is 0 Å². The summed E-state index contributed by atoms with van der Waals surface area (Å²) in [5.41, 5.74) is 2.69. The fraction of sp³-hybridized carbons (Fsp3) is 0. The van der Waals surface area contributed by atoms with Gasteiger partial charge in [0.15, 0.2) is 0 Å². The molecule has 0 rings (SSSR count). The van der Waals surface area contributed by atoms with Crippen molar-refractivity contribution >= 4 is 41.4 Å². The van der Waals surface area contributed by atoms with Gasteiger partial charge in [-0.3, -0.25) is 0 Å². The Labute approximate surface area is 56.8 Å². The first-order valence-corrected chi connectivity index (χ1v) is 18.1. The van der Waals surface area contributed by atoms with Gasteiger partial charge in [0.25, 0.3) is 0 Å². The molecule has 0 atom stereocenters. The molecule has 0 aromatic carbocycles. The van der Waals surface area contributed by atoms with Crippen molar-refractivity contribution in [2.45, 2.75) is 0 Å². The van der Waals surface area contributed by atoms with E-state index in [1.807, 2.05) is 3.83 Å². The molecule has 0 aliphatic rings. The van der Waals surface area contributed by atoms with Gasteiger partial charge in [0, 0.05) is 0 Å². The van der Waals surface area contributed by atoms with E-state index in [4.69, 9.17) is 0 Å². The van der Waals surface area contributed by atoms with Crippen molar-refractivity contribution < 1.29 is 0 Å². The van der Waals surface area contributed by atoms with Crippen LogP contribution in [0.4, 0.5) is 0 Å². The Hall–Kier alpha value is 1.35. The molecule has 0 N–H and O–H groups in total. The SMILES string of the molecule is C=C=[CH][In]([Br])[Br]. The Morgan fingerprint density at radius 2 is 2.17 bits per heavy atom. The molecule has 0 saturated heterocycles. The maximum absolute atomic E-state index is 3.41. The predicted molar refractivity (Wildman–Crippen MR) is 37.3 cm³/mol. The van der Waals surface area contributed by atoms with Crippen LogP contribution in [-0.2, 0) is 0 Å². The van der Waals surface area contributed by atoms with Crippen molar-refractivity contribution in [1.29, 1.82) is 0 Å². The zero-order valence-electron chi connectivity index (χ0n) is 3.12. The van der Waals surface area contributed by atoms with Crippen molar-refractivity contribution in [3.63, 3.8) is 0 Å². The number of hydrogen-bond acceptors (Lipinski definition) is 0. The molecule has 0 amide bonds. The minimum atomic E-state index is -1.39. The Balaban J connectivity index is 3.29. The van der Waals surface area contributed by atoms with Crippen LogP contribution in [0.15, 0.2) is 16.1 Å². The number of hydrogen-bond donors (Lipinski definition) is 0. The number of rotatable bonds is 1. The Kier molecular flexibility index (Phi) is 5.52. The molecule has 0 fully saturated rings. The van der Waals surface area contributed by atoms with Gasteiger partial charge >= 0.3 is 57.5 Å².